The number of urea groups is 1. The largest absolute Gasteiger partial charge is 0.452 e. The Hall–Kier alpha value is -1.85. The Bertz CT molecular complexity index is 455. The number of amides is 3. The predicted molar refractivity (Wildman–Crippen MR) is 81.0 cm³/mol. The molecule has 2 aliphatic rings. The lowest BCUT2D eigenvalue weighted by Crippen LogP contribution is -2.47. The molecule has 22 heavy (non-hydrogen) atoms. The van der Waals surface area contributed by atoms with Crippen molar-refractivity contribution >= 4 is 17.9 Å². The van der Waals surface area contributed by atoms with Crippen LogP contribution in [0.3, 0.4) is 0 Å². The van der Waals surface area contributed by atoms with Crippen LogP contribution in [0, 0.1) is 5.92 Å². The Kier molecular flexibility index (Phi) is 5.98. The monoisotopic (exact) mass is 308 g/mol. The number of ether oxygens (including phenoxy) is 1. The molecular formula is C16H24N2O4. The maximum Gasteiger partial charge on any atom is 0.321 e. The summed E-state index contributed by atoms with van der Waals surface area (Å²) in [5.74, 6) is -1.15. The van der Waals surface area contributed by atoms with Gasteiger partial charge in [-0.05, 0) is 39.0 Å². The summed E-state index contributed by atoms with van der Waals surface area (Å²) in [6, 6.07) is -0.375. The molecule has 0 aliphatic heterocycles. The van der Waals surface area contributed by atoms with Crippen molar-refractivity contribution in [3.8, 4) is 0 Å². The van der Waals surface area contributed by atoms with E-state index in [1.807, 2.05) is 12.2 Å². The minimum absolute atomic E-state index is 0.139. The van der Waals surface area contributed by atoms with Crippen molar-refractivity contribution in [2.45, 2.75) is 64.0 Å². The smallest absolute Gasteiger partial charge is 0.321 e. The van der Waals surface area contributed by atoms with Crippen molar-refractivity contribution in [2.24, 2.45) is 5.92 Å². The van der Waals surface area contributed by atoms with Gasteiger partial charge in [0.2, 0.25) is 0 Å². The SMILES string of the molecule is C[C@H](OC(=O)[C@H]1CC=CCC1)C(=O)NC(=O)NC1CCCC1. The highest BCUT2D eigenvalue weighted by Gasteiger charge is 2.26. The second-order valence-electron chi connectivity index (χ2n) is 6.00. The van der Waals surface area contributed by atoms with Crippen molar-refractivity contribution in [2.75, 3.05) is 0 Å². The van der Waals surface area contributed by atoms with Gasteiger partial charge in [-0.1, -0.05) is 25.0 Å². The molecule has 0 spiro atoms. The molecule has 3 amide bonds. The molecular weight excluding hydrogens is 284 g/mol. The number of rotatable bonds is 4. The summed E-state index contributed by atoms with van der Waals surface area (Å²) in [6.45, 7) is 1.48. The number of carbonyl (C=O) groups is 3. The van der Waals surface area contributed by atoms with E-state index < -0.39 is 18.0 Å². The summed E-state index contributed by atoms with van der Waals surface area (Å²) in [6.07, 6.45) is 9.36. The first-order valence-electron chi connectivity index (χ1n) is 8.03. The topological polar surface area (TPSA) is 84.5 Å². The number of hydrogen-bond donors (Lipinski definition) is 2. The molecule has 2 rings (SSSR count). The molecule has 122 valence electrons. The molecule has 2 atom stereocenters. The molecule has 2 N–H and O–H groups in total. The van der Waals surface area contributed by atoms with E-state index in [-0.39, 0.29) is 17.9 Å². The van der Waals surface area contributed by atoms with Gasteiger partial charge in [0.1, 0.15) is 0 Å². The van der Waals surface area contributed by atoms with Gasteiger partial charge in [0.25, 0.3) is 5.91 Å². The molecule has 2 aliphatic carbocycles. The number of esters is 1. The molecule has 0 heterocycles. The molecule has 0 unspecified atom stereocenters. The van der Waals surface area contributed by atoms with Crippen molar-refractivity contribution < 1.29 is 19.1 Å². The zero-order chi connectivity index (χ0) is 15.9. The molecule has 0 aromatic carbocycles. The van der Waals surface area contributed by atoms with Crippen molar-refractivity contribution in [1.82, 2.24) is 10.6 Å². The van der Waals surface area contributed by atoms with Crippen molar-refractivity contribution in [3.63, 3.8) is 0 Å². The molecule has 6 heteroatoms. The number of nitrogens with one attached hydrogen (secondary N) is 2. The lowest BCUT2D eigenvalue weighted by atomic mass is 9.95. The van der Waals surface area contributed by atoms with Gasteiger partial charge in [-0.15, -0.1) is 0 Å². The molecule has 0 saturated heterocycles. The van der Waals surface area contributed by atoms with E-state index in [1.54, 1.807) is 0 Å². The van der Waals surface area contributed by atoms with Crippen molar-refractivity contribution in [3.05, 3.63) is 12.2 Å². The first kappa shape index (κ1) is 16.5. The zero-order valence-electron chi connectivity index (χ0n) is 13.0. The normalized spacial score (nSPS) is 22.9. The Labute approximate surface area is 130 Å². The standard InChI is InChI=1S/C16H24N2O4/c1-11(22-15(20)12-7-3-2-4-8-12)14(19)18-16(21)17-13-9-5-6-10-13/h2-3,11-13H,4-10H2,1H3,(H2,17,18,19,21)/t11-,12-/m0/s1. The van der Waals surface area contributed by atoms with Crippen molar-refractivity contribution in [1.29, 1.82) is 0 Å². The van der Waals surface area contributed by atoms with Gasteiger partial charge >= 0.3 is 12.0 Å². The van der Waals surface area contributed by atoms with Gasteiger partial charge in [-0.2, -0.15) is 0 Å². The Morgan fingerprint density at radius 1 is 1.14 bits per heavy atom. The maximum atomic E-state index is 11.9. The predicted octanol–water partition coefficient (Wildman–Crippen LogP) is 2.04. The van der Waals surface area contributed by atoms with Crippen LogP contribution in [-0.2, 0) is 14.3 Å². The molecule has 0 bridgehead atoms. The first-order chi connectivity index (χ1) is 10.6. The summed E-state index contributed by atoms with van der Waals surface area (Å²) < 4.78 is 5.16. The molecule has 1 fully saturated rings. The summed E-state index contributed by atoms with van der Waals surface area (Å²) in [4.78, 5) is 35.5. The van der Waals surface area contributed by atoms with E-state index in [4.69, 9.17) is 4.74 Å². The van der Waals surface area contributed by atoms with E-state index in [9.17, 15) is 14.4 Å². The molecule has 0 aromatic heterocycles. The minimum atomic E-state index is -0.965. The highest BCUT2D eigenvalue weighted by molar-refractivity contribution is 5.97. The van der Waals surface area contributed by atoms with Crippen LogP contribution >= 0.6 is 0 Å². The Morgan fingerprint density at radius 2 is 1.86 bits per heavy atom. The summed E-state index contributed by atoms with van der Waals surface area (Å²) in [7, 11) is 0. The molecule has 1 saturated carbocycles. The van der Waals surface area contributed by atoms with E-state index in [0.29, 0.717) is 6.42 Å². The third kappa shape index (κ3) is 4.86. The van der Waals surface area contributed by atoms with Crippen LogP contribution in [0.25, 0.3) is 0 Å². The van der Waals surface area contributed by atoms with Gasteiger partial charge < -0.3 is 10.1 Å². The van der Waals surface area contributed by atoms with Crippen LogP contribution in [-0.4, -0.2) is 30.1 Å². The van der Waals surface area contributed by atoms with Gasteiger partial charge in [-0.25, -0.2) is 4.79 Å². The Morgan fingerprint density at radius 3 is 2.50 bits per heavy atom. The van der Waals surface area contributed by atoms with Crippen LogP contribution in [0.15, 0.2) is 12.2 Å². The third-order valence-electron chi connectivity index (χ3n) is 4.19. The fourth-order valence-electron chi connectivity index (χ4n) is 2.84. The van der Waals surface area contributed by atoms with Crippen LogP contribution in [0.1, 0.15) is 51.9 Å². The third-order valence-corrected chi connectivity index (χ3v) is 4.19. The second kappa shape index (κ2) is 7.96. The molecule has 0 radical (unpaired) electrons. The van der Waals surface area contributed by atoms with Crippen LogP contribution in [0.4, 0.5) is 4.79 Å². The van der Waals surface area contributed by atoms with E-state index in [1.165, 1.54) is 6.92 Å². The summed E-state index contributed by atoms with van der Waals surface area (Å²) in [5.41, 5.74) is 0. The van der Waals surface area contributed by atoms with E-state index >= 15 is 0 Å². The number of allylic oxidation sites excluding steroid dienone is 2. The molecule has 0 aromatic rings. The lowest BCUT2D eigenvalue weighted by Gasteiger charge is -2.20. The average molecular weight is 308 g/mol. The maximum absolute atomic E-state index is 11.9. The van der Waals surface area contributed by atoms with Gasteiger partial charge in [0.15, 0.2) is 6.10 Å². The highest BCUT2D eigenvalue weighted by Crippen LogP contribution is 2.20. The van der Waals surface area contributed by atoms with Crippen LogP contribution < -0.4 is 10.6 Å². The summed E-state index contributed by atoms with van der Waals surface area (Å²) >= 11 is 0. The van der Waals surface area contributed by atoms with Crippen LogP contribution in [0.2, 0.25) is 0 Å². The molecule has 6 nitrogen and oxygen atoms in total. The summed E-state index contributed by atoms with van der Waals surface area (Å²) in [5, 5.41) is 5.00. The fraction of sp³-hybridized carbons (Fsp3) is 0.688. The second-order valence-corrected chi connectivity index (χ2v) is 6.00. The van der Waals surface area contributed by atoms with Crippen LogP contribution in [0.5, 0.6) is 0 Å². The number of carbonyl (C=O) groups excluding carboxylic acids is 3. The Balaban J connectivity index is 1.72. The fourth-order valence-corrected chi connectivity index (χ4v) is 2.84. The quantitative estimate of drug-likeness (QED) is 0.615. The highest BCUT2D eigenvalue weighted by atomic mass is 16.5. The minimum Gasteiger partial charge on any atom is -0.452 e. The van der Waals surface area contributed by atoms with E-state index in [2.05, 4.69) is 10.6 Å². The lowest BCUT2D eigenvalue weighted by molar-refractivity contribution is -0.158. The first-order valence-corrected chi connectivity index (χ1v) is 8.03. The number of imide groups is 1. The van der Waals surface area contributed by atoms with Gasteiger partial charge in [0.05, 0.1) is 5.92 Å². The zero-order valence-corrected chi connectivity index (χ0v) is 13.0. The van der Waals surface area contributed by atoms with Gasteiger partial charge in [0, 0.05) is 6.04 Å². The average Bonchev–Trinajstić information content (AvgIpc) is 3.00. The number of hydrogen-bond acceptors (Lipinski definition) is 4. The van der Waals surface area contributed by atoms with Gasteiger partial charge in [-0.3, -0.25) is 14.9 Å². The van der Waals surface area contributed by atoms with E-state index in [0.717, 1.165) is 38.5 Å².